The number of aromatic nitrogens is 3. The summed E-state index contributed by atoms with van der Waals surface area (Å²) in [6, 6.07) is 8.56. The lowest BCUT2D eigenvalue weighted by Crippen LogP contribution is -2.58. The molecule has 1 fully saturated rings. The summed E-state index contributed by atoms with van der Waals surface area (Å²) >= 11 is 6.87. The number of aromatic hydroxyl groups is 1. The number of ether oxygens (including phenoxy) is 1. The highest BCUT2D eigenvalue weighted by Gasteiger charge is 2.41. The van der Waals surface area contributed by atoms with Crippen molar-refractivity contribution in [2.24, 2.45) is 0 Å². The lowest BCUT2D eigenvalue weighted by Gasteiger charge is -2.42. The van der Waals surface area contributed by atoms with Crippen molar-refractivity contribution in [3.63, 3.8) is 0 Å². The fourth-order valence-electron chi connectivity index (χ4n) is 5.09. The minimum atomic E-state index is -4.71. The van der Waals surface area contributed by atoms with Gasteiger partial charge in [0.1, 0.15) is 22.8 Å². The number of fused-ring (bicyclic) bond motifs is 1. The van der Waals surface area contributed by atoms with Crippen molar-refractivity contribution in [2.75, 3.05) is 18.5 Å². The van der Waals surface area contributed by atoms with E-state index in [1.807, 2.05) is 0 Å². The van der Waals surface area contributed by atoms with E-state index in [4.69, 9.17) is 16.3 Å². The maximum Gasteiger partial charge on any atom is 0.417 e. The van der Waals surface area contributed by atoms with Crippen molar-refractivity contribution in [3.05, 3.63) is 69.2 Å². The first kappa shape index (κ1) is 31.6. The van der Waals surface area contributed by atoms with Crippen molar-refractivity contribution in [3.8, 4) is 5.88 Å². The second-order valence-electron chi connectivity index (χ2n) is 11.5. The van der Waals surface area contributed by atoms with Gasteiger partial charge in [-0.3, -0.25) is 10.00 Å². The number of nitrogens with one attached hydrogen (secondary N) is 1. The van der Waals surface area contributed by atoms with Gasteiger partial charge < -0.3 is 14.7 Å². The summed E-state index contributed by atoms with van der Waals surface area (Å²) in [5.74, 6) is -0.465. The first-order valence-electron chi connectivity index (χ1n) is 13.7. The van der Waals surface area contributed by atoms with Gasteiger partial charge in [-0.05, 0) is 75.1 Å². The third-order valence-corrected chi connectivity index (χ3v) is 8.47. The third-order valence-electron chi connectivity index (χ3n) is 7.06. The van der Waals surface area contributed by atoms with Gasteiger partial charge in [-0.25, -0.2) is 9.18 Å². The quantitative estimate of drug-likeness (QED) is 0.167. The highest BCUT2D eigenvalue weighted by Crippen LogP contribution is 2.43. The molecule has 0 bridgehead atoms. The molecule has 8 nitrogen and oxygen atoms in total. The molecule has 1 saturated heterocycles. The van der Waals surface area contributed by atoms with Crippen LogP contribution in [0.15, 0.2) is 42.6 Å². The molecule has 14 heteroatoms. The average Bonchev–Trinajstić information content (AvgIpc) is 3.56. The second kappa shape index (κ2) is 11.9. The average molecular weight is 652 g/mol. The van der Waals surface area contributed by atoms with E-state index in [2.05, 4.69) is 15.2 Å². The Balaban J connectivity index is 1.61. The van der Waals surface area contributed by atoms with E-state index in [1.54, 1.807) is 52.2 Å². The van der Waals surface area contributed by atoms with Gasteiger partial charge in [0.2, 0.25) is 5.88 Å². The number of benzene rings is 2. The first-order chi connectivity index (χ1) is 20.6. The van der Waals surface area contributed by atoms with Crippen molar-refractivity contribution in [2.45, 2.75) is 57.7 Å². The number of hydrogen-bond donors (Lipinski definition) is 2. The van der Waals surface area contributed by atoms with Crippen molar-refractivity contribution in [1.82, 2.24) is 20.1 Å². The number of piperidine rings is 1. The molecule has 2 N–H and O–H groups in total. The highest BCUT2D eigenvalue weighted by atomic mass is 35.5. The van der Waals surface area contributed by atoms with Gasteiger partial charge in [-0.15, -0.1) is 0 Å². The fourth-order valence-corrected chi connectivity index (χ4v) is 6.25. The Morgan fingerprint density at radius 1 is 1.23 bits per heavy atom. The molecule has 0 aliphatic carbocycles. The van der Waals surface area contributed by atoms with E-state index in [9.17, 15) is 23.1 Å². The van der Waals surface area contributed by atoms with Crippen molar-refractivity contribution >= 4 is 56.7 Å². The number of aromatic amines is 1. The van der Waals surface area contributed by atoms with Crippen LogP contribution in [0.5, 0.6) is 5.88 Å². The van der Waals surface area contributed by atoms with Gasteiger partial charge in [0.05, 0.1) is 17.3 Å². The molecule has 44 heavy (non-hydrogen) atoms. The SMILES string of the molecule is CN(c1nc(O)c(C(=Cc2ccc(Cl)cc2C(F)(F)F)c2ccc3[nH]ncc3c2)s1)C1C(F)CCCN1C(=O)OC(C)(C)C. The molecule has 4 aromatic rings. The number of anilines is 1. The Morgan fingerprint density at radius 3 is 2.68 bits per heavy atom. The van der Waals surface area contributed by atoms with Gasteiger partial charge in [0.25, 0.3) is 0 Å². The summed E-state index contributed by atoms with van der Waals surface area (Å²) in [5.41, 5.74) is -0.518. The van der Waals surface area contributed by atoms with E-state index >= 15 is 4.39 Å². The van der Waals surface area contributed by atoms with E-state index < -0.39 is 41.7 Å². The smallest absolute Gasteiger partial charge is 0.417 e. The van der Waals surface area contributed by atoms with Gasteiger partial charge >= 0.3 is 12.3 Å². The number of hydrogen-bond acceptors (Lipinski definition) is 7. The number of carbonyl (C=O) groups excluding carboxylic acids is 1. The maximum atomic E-state index is 15.4. The molecular weight excluding hydrogens is 622 g/mol. The number of nitrogens with zero attached hydrogens (tertiary/aromatic N) is 4. The molecule has 1 aliphatic heterocycles. The predicted octanol–water partition coefficient (Wildman–Crippen LogP) is 8.12. The summed E-state index contributed by atoms with van der Waals surface area (Å²) in [5, 5.41) is 18.7. The van der Waals surface area contributed by atoms with E-state index in [0.29, 0.717) is 22.9 Å². The van der Waals surface area contributed by atoms with Crippen LogP contribution in [0.4, 0.5) is 27.5 Å². The first-order valence-corrected chi connectivity index (χ1v) is 14.9. The number of thiazole rings is 1. The molecule has 2 aromatic heterocycles. The molecule has 0 spiro atoms. The summed E-state index contributed by atoms with van der Waals surface area (Å²) in [6.07, 6.45) is -4.41. The van der Waals surface area contributed by atoms with Crippen LogP contribution in [0.3, 0.4) is 0 Å². The van der Waals surface area contributed by atoms with Gasteiger partial charge in [0, 0.05) is 29.6 Å². The Morgan fingerprint density at radius 2 is 1.98 bits per heavy atom. The fraction of sp³-hybridized carbons (Fsp3) is 0.367. The van der Waals surface area contributed by atoms with E-state index in [1.165, 1.54) is 28.0 Å². The molecule has 2 aromatic carbocycles. The largest absolute Gasteiger partial charge is 0.492 e. The molecule has 1 amide bonds. The Bertz CT molecular complexity index is 1710. The van der Waals surface area contributed by atoms with Crippen LogP contribution in [0.25, 0.3) is 22.6 Å². The van der Waals surface area contributed by atoms with Crippen molar-refractivity contribution in [1.29, 1.82) is 0 Å². The van der Waals surface area contributed by atoms with E-state index in [0.717, 1.165) is 17.4 Å². The highest BCUT2D eigenvalue weighted by molar-refractivity contribution is 7.17. The molecule has 5 rings (SSSR count). The van der Waals surface area contributed by atoms with Gasteiger partial charge in [-0.1, -0.05) is 35.1 Å². The van der Waals surface area contributed by atoms with Crippen LogP contribution in [-0.2, 0) is 10.9 Å². The number of likely N-dealkylation sites (tertiary alicyclic amines) is 1. The lowest BCUT2D eigenvalue weighted by molar-refractivity contribution is -0.137. The zero-order valence-corrected chi connectivity index (χ0v) is 25.8. The zero-order valence-electron chi connectivity index (χ0n) is 24.2. The van der Waals surface area contributed by atoms with Gasteiger partial charge in [-0.2, -0.15) is 23.3 Å². The molecule has 2 atom stereocenters. The molecule has 0 radical (unpaired) electrons. The molecule has 2 unspecified atom stereocenters. The van der Waals surface area contributed by atoms with Crippen LogP contribution in [-0.4, -0.2) is 62.8 Å². The Hall–Kier alpha value is -3.84. The number of carbonyl (C=O) groups is 1. The van der Waals surface area contributed by atoms with Crippen LogP contribution < -0.4 is 4.90 Å². The number of halogens is 5. The molecule has 234 valence electrons. The number of H-pyrrole nitrogens is 1. The van der Waals surface area contributed by atoms with Crippen LogP contribution in [0, 0.1) is 0 Å². The third kappa shape index (κ3) is 6.63. The molecule has 3 heterocycles. The van der Waals surface area contributed by atoms with Crippen LogP contribution in [0.2, 0.25) is 5.02 Å². The molecular formula is C30H30ClF4N5O3S. The topological polar surface area (TPSA) is 94.6 Å². The molecule has 1 aliphatic rings. The summed E-state index contributed by atoms with van der Waals surface area (Å²) in [7, 11) is 1.55. The summed E-state index contributed by atoms with van der Waals surface area (Å²) < 4.78 is 63.1. The number of alkyl halides is 4. The summed E-state index contributed by atoms with van der Waals surface area (Å²) in [6.45, 7) is 5.39. The summed E-state index contributed by atoms with van der Waals surface area (Å²) in [4.78, 5) is 20.2. The minimum absolute atomic E-state index is 0.0804. The minimum Gasteiger partial charge on any atom is -0.492 e. The maximum absolute atomic E-state index is 15.4. The van der Waals surface area contributed by atoms with E-state index in [-0.39, 0.29) is 39.1 Å². The normalized spacial score (nSPS) is 18.1. The van der Waals surface area contributed by atoms with Crippen LogP contribution >= 0.6 is 22.9 Å². The second-order valence-corrected chi connectivity index (χ2v) is 12.9. The monoisotopic (exact) mass is 651 g/mol. The Kier molecular flexibility index (Phi) is 8.56. The predicted molar refractivity (Wildman–Crippen MR) is 163 cm³/mol. The Labute approximate surface area is 259 Å². The standard InChI is InChI=1S/C30H30ClF4N5O3S/c1-29(2,3)43-28(42)40-11-5-6-22(32)26(40)39(4)27-37-25(41)24(44-27)20(16-8-10-23-18(12-16)15-36-38-23)13-17-7-9-19(31)14-21(17)30(33,34)35/h7-10,12-15,22,26,41H,5-6,11H2,1-4H3,(H,36,38). The van der Waals surface area contributed by atoms with Gasteiger partial charge in [0.15, 0.2) is 5.13 Å². The molecule has 0 saturated carbocycles. The zero-order chi connectivity index (χ0) is 32.0. The number of amides is 1. The van der Waals surface area contributed by atoms with Crippen LogP contribution in [0.1, 0.15) is 55.2 Å². The number of rotatable bonds is 5. The van der Waals surface area contributed by atoms with Crippen molar-refractivity contribution < 1.29 is 32.2 Å². The lowest BCUT2D eigenvalue weighted by atomic mass is 9.98.